The van der Waals surface area contributed by atoms with Crippen LogP contribution in [0.3, 0.4) is 0 Å². The van der Waals surface area contributed by atoms with E-state index in [4.69, 9.17) is 24.4 Å². The lowest BCUT2D eigenvalue weighted by atomic mass is 10.2. The predicted octanol–water partition coefficient (Wildman–Crippen LogP) is 1.92. The highest BCUT2D eigenvalue weighted by atomic mass is 32.1. The first-order valence-corrected chi connectivity index (χ1v) is 5.06. The molecule has 0 N–H and O–H groups in total. The lowest BCUT2D eigenvalue weighted by molar-refractivity contribution is 0.491. The zero-order valence-corrected chi connectivity index (χ0v) is 9.28. The minimum atomic E-state index is 0.235. The molecule has 1 aliphatic rings. The molecule has 0 amide bonds. The summed E-state index contributed by atoms with van der Waals surface area (Å²) in [6.45, 7) is 0.966. The maximum absolute atomic E-state index is 4.98. The molecule has 1 atom stereocenters. The van der Waals surface area contributed by atoms with E-state index in [0.717, 1.165) is 23.6 Å². The molecule has 11 heavy (non-hydrogen) atoms. The number of likely N-dealkylation sites (tertiary alicyclic amines) is 1. The number of nitrogens with zero attached hydrogens (tertiary/aromatic N) is 1. The molecule has 0 aliphatic carbocycles. The van der Waals surface area contributed by atoms with Crippen molar-refractivity contribution in [2.75, 3.05) is 6.54 Å². The SMILES string of the molecule is S=C(S)C1CCCN1C(=S)S. The molecule has 1 unspecified atom stereocenters. The van der Waals surface area contributed by atoms with Gasteiger partial charge in [-0.3, -0.25) is 0 Å². The van der Waals surface area contributed by atoms with E-state index < -0.39 is 0 Å². The fraction of sp³-hybridized carbons (Fsp3) is 0.667. The fourth-order valence-electron chi connectivity index (χ4n) is 1.25. The maximum Gasteiger partial charge on any atom is 0.133 e. The summed E-state index contributed by atoms with van der Waals surface area (Å²) in [5, 5.41) is 0. The van der Waals surface area contributed by atoms with Crippen LogP contribution < -0.4 is 0 Å². The highest BCUT2D eigenvalue weighted by Gasteiger charge is 2.26. The summed E-state index contributed by atoms with van der Waals surface area (Å²) in [5.41, 5.74) is 0. The largest absolute Gasteiger partial charge is 0.349 e. The number of rotatable bonds is 1. The average molecular weight is 223 g/mol. The van der Waals surface area contributed by atoms with Crippen molar-refractivity contribution >= 4 is 58.2 Å². The summed E-state index contributed by atoms with van der Waals surface area (Å²) >= 11 is 18.2. The Morgan fingerprint density at radius 2 is 2.00 bits per heavy atom. The minimum absolute atomic E-state index is 0.235. The summed E-state index contributed by atoms with van der Waals surface area (Å²) in [6.07, 6.45) is 2.19. The molecule has 0 bridgehead atoms. The first-order valence-electron chi connectivity index (χ1n) is 3.35. The number of hydrogen-bond acceptors (Lipinski definition) is 2. The quantitative estimate of drug-likeness (QED) is 0.517. The van der Waals surface area contributed by atoms with E-state index >= 15 is 0 Å². The third-order valence-electron chi connectivity index (χ3n) is 1.78. The molecule has 0 aromatic rings. The van der Waals surface area contributed by atoms with Gasteiger partial charge in [0.15, 0.2) is 0 Å². The third-order valence-corrected chi connectivity index (χ3v) is 2.85. The average Bonchev–Trinajstić information content (AvgIpc) is 2.32. The molecule has 1 rings (SSSR count). The lowest BCUT2D eigenvalue weighted by Crippen LogP contribution is -2.34. The van der Waals surface area contributed by atoms with Crippen molar-refractivity contribution in [3.8, 4) is 0 Å². The molecule has 1 heterocycles. The van der Waals surface area contributed by atoms with Gasteiger partial charge in [-0.05, 0) is 12.8 Å². The Bertz CT molecular complexity index is 171. The second-order valence-corrected chi connectivity index (χ2v) is 4.81. The van der Waals surface area contributed by atoms with E-state index in [2.05, 4.69) is 25.3 Å². The van der Waals surface area contributed by atoms with E-state index in [1.807, 2.05) is 4.90 Å². The van der Waals surface area contributed by atoms with Gasteiger partial charge >= 0.3 is 0 Å². The standard InChI is InChI=1S/C6H9NS4/c8-5(9)4-2-1-3-7(4)6(10)11/h4H,1-3H2,(H,8,9)(H,10,11). The van der Waals surface area contributed by atoms with Crippen LogP contribution >= 0.6 is 49.7 Å². The van der Waals surface area contributed by atoms with Crippen LogP contribution in [-0.2, 0) is 0 Å². The molecule has 0 radical (unpaired) electrons. The van der Waals surface area contributed by atoms with Crippen molar-refractivity contribution < 1.29 is 0 Å². The Morgan fingerprint density at radius 1 is 1.36 bits per heavy atom. The van der Waals surface area contributed by atoms with Crippen molar-refractivity contribution in [1.29, 1.82) is 0 Å². The van der Waals surface area contributed by atoms with E-state index in [0.29, 0.717) is 4.32 Å². The zero-order valence-electron chi connectivity index (χ0n) is 5.86. The van der Waals surface area contributed by atoms with Gasteiger partial charge in [0, 0.05) is 6.54 Å². The van der Waals surface area contributed by atoms with Gasteiger partial charge in [-0.15, -0.1) is 25.3 Å². The maximum atomic E-state index is 4.98. The first-order chi connectivity index (χ1) is 5.13. The van der Waals surface area contributed by atoms with E-state index in [-0.39, 0.29) is 6.04 Å². The Balaban J connectivity index is 2.65. The highest BCUT2D eigenvalue weighted by Crippen LogP contribution is 2.21. The van der Waals surface area contributed by atoms with Gasteiger partial charge in [0.2, 0.25) is 0 Å². The summed E-state index contributed by atoms with van der Waals surface area (Å²) in [6, 6.07) is 0.235. The van der Waals surface area contributed by atoms with E-state index in [1.165, 1.54) is 0 Å². The van der Waals surface area contributed by atoms with Gasteiger partial charge in [-0.1, -0.05) is 24.4 Å². The molecule has 0 spiro atoms. The Kier molecular flexibility index (Phi) is 3.61. The summed E-state index contributed by atoms with van der Waals surface area (Å²) in [7, 11) is 0. The molecule has 62 valence electrons. The van der Waals surface area contributed by atoms with Crippen LogP contribution in [0.15, 0.2) is 0 Å². The number of thiocarbonyl (C=S) groups is 2. The third kappa shape index (κ3) is 2.31. The molecule has 5 heteroatoms. The summed E-state index contributed by atoms with van der Waals surface area (Å²) < 4.78 is 1.35. The normalized spacial score (nSPS) is 23.8. The Hall–Kier alpha value is 0.680. The van der Waals surface area contributed by atoms with Crippen LogP contribution in [0.5, 0.6) is 0 Å². The Morgan fingerprint density at radius 3 is 2.36 bits per heavy atom. The Labute approximate surface area is 88.3 Å². The lowest BCUT2D eigenvalue weighted by Gasteiger charge is -2.23. The molecule has 1 fully saturated rings. The predicted molar refractivity (Wildman–Crippen MR) is 62.9 cm³/mol. The molecule has 1 nitrogen and oxygen atoms in total. The van der Waals surface area contributed by atoms with Crippen LogP contribution in [-0.4, -0.2) is 26.0 Å². The van der Waals surface area contributed by atoms with Crippen LogP contribution in [0.4, 0.5) is 0 Å². The molecule has 0 saturated carbocycles. The number of thiol groups is 2. The molecule has 0 aromatic carbocycles. The highest BCUT2D eigenvalue weighted by molar-refractivity contribution is 8.12. The second-order valence-electron chi connectivity index (χ2n) is 2.47. The zero-order chi connectivity index (χ0) is 8.43. The second kappa shape index (κ2) is 4.07. The molecular formula is C6H9NS4. The molecular weight excluding hydrogens is 214 g/mol. The van der Waals surface area contributed by atoms with Gasteiger partial charge in [0.25, 0.3) is 0 Å². The van der Waals surface area contributed by atoms with Gasteiger partial charge in [0.05, 0.1) is 10.2 Å². The van der Waals surface area contributed by atoms with Crippen molar-refractivity contribution in [3.05, 3.63) is 0 Å². The van der Waals surface area contributed by atoms with Crippen molar-refractivity contribution in [3.63, 3.8) is 0 Å². The van der Waals surface area contributed by atoms with Gasteiger partial charge < -0.3 is 4.90 Å². The van der Waals surface area contributed by atoms with Gasteiger partial charge in [-0.2, -0.15) is 0 Å². The van der Waals surface area contributed by atoms with Crippen LogP contribution in [0.1, 0.15) is 12.8 Å². The van der Waals surface area contributed by atoms with Gasteiger partial charge in [0.1, 0.15) is 4.32 Å². The van der Waals surface area contributed by atoms with Crippen LogP contribution in [0, 0.1) is 0 Å². The topological polar surface area (TPSA) is 3.24 Å². The van der Waals surface area contributed by atoms with Crippen LogP contribution in [0.2, 0.25) is 0 Å². The van der Waals surface area contributed by atoms with Crippen molar-refractivity contribution in [1.82, 2.24) is 4.90 Å². The first kappa shape index (κ1) is 9.77. The van der Waals surface area contributed by atoms with Crippen molar-refractivity contribution in [2.24, 2.45) is 0 Å². The summed E-state index contributed by atoms with van der Waals surface area (Å²) in [5.74, 6) is 0. The fourth-order valence-corrected chi connectivity index (χ4v) is 2.22. The van der Waals surface area contributed by atoms with E-state index in [9.17, 15) is 0 Å². The molecule has 1 aliphatic heterocycles. The smallest absolute Gasteiger partial charge is 0.133 e. The monoisotopic (exact) mass is 223 g/mol. The van der Waals surface area contributed by atoms with Gasteiger partial charge in [-0.25, -0.2) is 0 Å². The number of hydrogen-bond donors (Lipinski definition) is 2. The summed E-state index contributed by atoms with van der Waals surface area (Å²) in [4.78, 5) is 2.02. The molecule has 1 saturated heterocycles. The van der Waals surface area contributed by atoms with Crippen LogP contribution in [0.25, 0.3) is 0 Å². The van der Waals surface area contributed by atoms with Crippen molar-refractivity contribution in [2.45, 2.75) is 18.9 Å². The minimum Gasteiger partial charge on any atom is -0.349 e. The molecule has 0 aromatic heterocycles. The van der Waals surface area contributed by atoms with E-state index in [1.54, 1.807) is 0 Å².